The molecule has 0 aliphatic heterocycles. The van der Waals surface area contributed by atoms with E-state index < -0.39 is 12.1 Å². The number of hydrogen-bond donors (Lipinski definition) is 2. The fourth-order valence-corrected chi connectivity index (χ4v) is 0.798. The molecule has 0 amide bonds. The highest BCUT2D eigenvalue weighted by molar-refractivity contribution is 5.66. The van der Waals surface area contributed by atoms with Gasteiger partial charge in [-0.15, -0.1) is 0 Å². The number of aliphatic carboxylic acids is 1. The molecule has 0 unspecified atom stereocenters. The van der Waals surface area contributed by atoms with Crippen molar-refractivity contribution in [2.24, 2.45) is 5.92 Å². The second-order valence-corrected chi connectivity index (χ2v) is 3.04. The van der Waals surface area contributed by atoms with Gasteiger partial charge in [0.05, 0.1) is 6.10 Å². The van der Waals surface area contributed by atoms with Crippen molar-refractivity contribution in [3.63, 3.8) is 0 Å². The summed E-state index contributed by atoms with van der Waals surface area (Å²) >= 11 is 0. The van der Waals surface area contributed by atoms with Crippen molar-refractivity contribution in [2.75, 3.05) is 0 Å². The Balaban J connectivity index is 3.59. The second kappa shape index (κ2) is 5.77. The SMILES string of the molecule is C[C@H](O)/C=C\[C@@H](C)CCC(=O)O. The van der Waals surface area contributed by atoms with E-state index in [-0.39, 0.29) is 12.3 Å². The summed E-state index contributed by atoms with van der Waals surface area (Å²) in [6.45, 7) is 3.60. The molecule has 70 valence electrons. The predicted octanol–water partition coefficient (Wildman–Crippen LogP) is 1.42. The Morgan fingerprint density at radius 1 is 1.42 bits per heavy atom. The summed E-state index contributed by atoms with van der Waals surface area (Å²) in [6.07, 6.45) is 3.88. The van der Waals surface area contributed by atoms with Gasteiger partial charge >= 0.3 is 5.97 Å². The molecule has 0 aromatic rings. The Bertz CT molecular complexity index is 161. The van der Waals surface area contributed by atoms with Gasteiger partial charge in [0.25, 0.3) is 0 Å². The topological polar surface area (TPSA) is 57.5 Å². The van der Waals surface area contributed by atoms with Crippen molar-refractivity contribution < 1.29 is 15.0 Å². The van der Waals surface area contributed by atoms with E-state index in [1.165, 1.54) is 0 Å². The van der Waals surface area contributed by atoms with E-state index in [2.05, 4.69) is 0 Å². The van der Waals surface area contributed by atoms with E-state index in [0.717, 1.165) is 0 Å². The third kappa shape index (κ3) is 7.28. The zero-order valence-electron chi connectivity index (χ0n) is 7.53. The van der Waals surface area contributed by atoms with E-state index in [0.29, 0.717) is 6.42 Å². The van der Waals surface area contributed by atoms with E-state index in [9.17, 15) is 4.79 Å². The number of allylic oxidation sites excluding steroid dienone is 1. The summed E-state index contributed by atoms with van der Waals surface area (Å²) < 4.78 is 0. The highest BCUT2D eigenvalue weighted by Crippen LogP contribution is 2.07. The Kier molecular flexibility index (Phi) is 5.37. The number of hydrogen-bond acceptors (Lipinski definition) is 2. The molecular weight excluding hydrogens is 156 g/mol. The molecule has 2 N–H and O–H groups in total. The number of rotatable bonds is 5. The molecular formula is C9H16O3. The lowest BCUT2D eigenvalue weighted by Crippen LogP contribution is -2.00. The van der Waals surface area contributed by atoms with Crippen molar-refractivity contribution in [3.8, 4) is 0 Å². The third-order valence-electron chi connectivity index (χ3n) is 1.53. The van der Waals surface area contributed by atoms with Gasteiger partial charge in [-0.25, -0.2) is 0 Å². The van der Waals surface area contributed by atoms with Gasteiger partial charge in [0, 0.05) is 6.42 Å². The maximum Gasteiger partial charge on any atom is 0.303 e. The molecule has 0 saturated heterocycles. The minimum Gasteiger partial charge on any atom is -0.481 e. The van der Waals surface area contributed by atoms with Gasteiger partial charge < -0.3 is 10.2 Å². The Morgan fingerprint density at radius 3 is 2.42 bits per heavy atom. The Hall–Kier alpha value is -0.830. The van der Waals surface area contributed by atoms with Gasteiger partial charge in [-0.2, -0.15) is 0 Å². The average Bonchev–Trinajstić information content (AvgIpc) is 1.96. The molecule has 0 aromatic carbocycles. The molecule has 0 fully saturated rings. The van der Waals surface area contributed by atoms with Crippen molar-refractivity contribution in [1.29, 1.82) is 0 Å². The average molecular weight is 172 g/mol. The molecule has 0 aliphatic rings. The molecule has 0 spiro atoms. The van der Waals surface area contributed by atoms with Crippen LogP contribution in [0.2, 0.25) is 0 Å². The van der Waals surface area contributed by atoms with Crippen LogP contribution in [0.3, 0.4) is 0 Å². The van der Waals surface area contributed by atoms with Gasteiger partial charge in [0.1, 0.15) is 0 Å². The summed E-state index contributed by atoms with van der Waals surface area (Å²) in [7, 11) is 0. The zero-order chi connectivity index (χ0) is 9.56. The molecule has 0 rings (SSSR count). The number of carboxylic acid groups (broad SMARTS) is 1. The molecule has 0 bridgehead atoms. The Morgan fingerprint density at radius 2 is 2.00 bits per heavy atom. The number of aliphatic hydroxyl groups is 1. The lowest BCUT2D eigenvalue weighted by Gasteiger charge is -2.03. The van der Waals surface area contributed by atoms with Gasteiger partial charge in [0.15, 0.2) is 0 Å². The minimum absolute atomic E-state index is 0.186. The molecule has 3 heteroatoms. The van der Waals surface area contributed by atoms with Gasteiger partial charge in [-0.05, 0) is 19.3 Å². The molecule has 12 heavy (non-hydrogen) atoms. The summed E-state index contributed by atoms with van der Waals surface area (Å²) in [5.74, 6) is -0.553. The molecule has 3 nitrogen and oxygen atoms in total. The minimum atomic E-state index is -0.771. The smallest absolute Gasteiger partial charge is 0.303 e. The molecule has 0 radical (unpaired) electrons. The highest BCUT2D eigenvalue weighted by atomic mass is 16.4. The van der Waals surface area contributed by atoms with Crippen LogP contribution in [-0.2, 0) is 4.79 Å². The van der Waals surface area contributed by atoms with Crippen LogP contribution in [0.15, 0.2) is 12.2 Å². The maximum absolute atomic E-state index is 10.2. The van der Waals surface area contributed by atoms with Crippen LogP contribution >= 0.6 is 0 Å². The van der Waals surface area contributed by atoms with Crippen LogP contribution in [0.4, 0.5) is 0 Å². The van der Waals surface area contributed by atoms with Gasteiger partial charge in [0.2, 0.25) is 0 Å². The zero-order valence-corrected chi connectivity index (χ0v) is 7.53. The largest absolute Gasteiger partial charge is 0.481 e. The fourth-order valence-electron chi connectivity index (χ4n) is 0.798. The highest BCUT2D eigenvalue weighted by Gasteiger charge is 2.01. The molecule has 0 aliphatic carbocycles. The predicted molar refractivity (Wildman–Crippen MR) is 46.9 cm³/mol. The molecule has 0 saturated carbocycles. The standard InChI is InChI=1S/C9H16O3/c1-7(3-5-8(2)10)4-6-9(11)12/h3,5,7-8,10H,4,6H2,1-2H3,(H,11,12)/b5-3-/t7-,8+/m1/s1. The number of carboxylic acids is 1. The van der Waals surface area contributed by atoms with E-state index >= 15 is 0 Å². The fraction of sp³-hybridized carbons (Fsp3) is 0.667. The van der Waals surface area contributed by atoms with E-state index in [1.54, 1.807) is 13.0 Å². The van der Waals surface area contributed by atoms with Crippen molar-refractivity contribution >= 4 is 5.97 Å². The maximum atomic E-state index is 10.2. The lowest BCUT2D eigenvalue weighted by molar-refractivity contribution is -0.137. The van der Waals surface area contributed by atoms with Gasteiger partial charge in [-0.1, -0.05) is 19.1 Å². The first kappa shape index (κ1) is 11.2. The first-order valence-corrected chi connectivity index (χ1v) is 4.10. The van der Waals surface area contributed by atoms with Crippen LogP contribution in [0.5, 0.6) is 0 Å². The number of carbonyl (C=O) groups is 1. The van der Waals surface area contributed by atoms with Crippen LogP contribution < -0.4 is 0 Å². The number of aliphatic hydroxyl groups excluding tert-OH is 1. The third-order valence-corrected chi connectivity index (χ3v) is 1.53. The van der Waals surface area contributed by atoms with E-state index in [1.807, 2.05) is 13.0 Å². The summed E-state index contributed by atoms with van der Waals surface area (Å²) in [5.41, 5.74) is 0. The van der Waals surface area contributed by atoms with Crippen LogP contribution in [-0.4, -0.2) is 22.3 Å². The summed E-state index contributed by atoms with van der Waals surface area (Å²) in [6, 6.07) is 0. The van der Waals surface area contributed by atoms with E-state index in [4.69, 9.17) is 10.2 Å². The summed E-state index contributed by atoms with van der Waals surface area (Å²) in [4.78, 5) is 10.2. The second-order valence-electron chi connectivity index (χ2n) is 3.04. The quantitative estimate of drug-likeness (QED) is 0.617. The molecule has 0 aromatic heterocycles. The molecule has 2 atom stereocenters. The van der Waals surface area contributed by atoms with Crippen molar-refractivity contribution in [1.82, 2.24) is 0 Å². The monoisotopic (exact) mass is 172 g/mol. The first-order valence-electron chi connectivity index (χ1n) is 4.10. The first-order chi connectivity index (χ1) is 5.52. The lowest BCUT2D eigenvalue weighted by atomic mass is 10.0. The normalized spacial score (nSPS) is 16.2. The van der Waals surface area contributed by atoms with Gasteiger partial charge in [-0.3, -0.25) is 4.79 Å². The van der Waals surface area contributed by atoms with Crippen molar-refractivity contribution in [3.05, 3.63) is 12.2 Å². The summed E-state index contributed by atoms with van der Waals surface area (Å²) in [5, 5.41) is 17.2. The molecule has 0 heterocycles. The van der Waals surface area contributed by atoms with Crippen LogP contribution in [0.1, 0.15) is 26.7 Å². The van der Waals surface area contributed by atoms with Crippen LogP contribution in [0, 0.1) is 5.92 Å². The Labute approximate surface area is 72.7 Å². The van der Waals surface area contributed by atoms with Crippen LogP contribution in [0.25, 0.3) is 0 Å². The van der Waals surface area contributed by atoms with Crippen molar-refractivity contribution in [2.45, 2.75) is 32.8 Å².